The van der Waals surface area contributed by atoms with Crippen LogP contribution in [0.5, 0.6) is 0 Å². The van der Waals surface area contributed by atoms with Gasteiger partial charge in [0.25, 0.3) is 0 Å². The summed E-state index contributed by atoms with van der Waals surface area (Å²) < 4.78 is 0. The molecule has 2 unspecified atom stereocenters. The van der Waals surface area contributed by atoms with E-state index >= 15 is 0 Å². The molecule has 2 atom stereocenters. The van der Waals surface area contributed by atoms with E-state index in [4.69, 9.17) is 11.6 Å². The van der Waals surface area contributed by atoms with E-state index in [2.05, 4.69) is 18.7 Å². The molecular formula is C16H22ClNO. The summed E-state index contributed by atoms with van der Waals surface area (Å²) in [6.07, 6.45) is 1.86. The average molecular weight is 280 g/mol. The minimum atomic E-state index is 0.150. The molecular weight excluding hydrogens is 258 g/mol. The van der Waals surface area contributed by atoms with E-state index in [0.717, 1.165) is 31.5 Å². The summed E-state index contributed by atoms with van der Waals surface area (Å²) in [5.74, 6) is 1.62. The molecule has 0 spiro atoms. The maximum absolute atomic E-state index is 12.2. The molecule has 1 aliphatic rings. The molecule has 104 valence electrons. The Kier molecular flexibility index (Phi) is 5.00. The van der Waals surface area contributed by atoms with Crippen LogP contribution in [0.15, 0.2) is 24.3 Å². The van der Waals surface area contributed by atoms with Gasteiger partial charge in [-0.05, 0) is 30.4 Å². The number of nitrogens with zero attached hydrogens (tertiary/aromatic N) is 1. The quantitative estimate of drug-likeness (QED) is 0.780. The van der Waals surface area contributed by atoms with Gasteiger partial charge in [-0.2, -0.15) is 0 Å². The molecule has 2 nitrogen and oxygen atoms in total. The summed E-state index contributed by atoms with van der Waals surface area (Å²) in [4.78, 5) is 14.6. The third kappa shape index (κ3) is 4.05. The Bertz CT molecular complexity index is 436. The molecule has 1 saturated heterocycles. The minimum Gasteiger partial charge on any atom is -0.302 e. The van der Waals surface area contributed by atoms with Crippen LogP contribution in [0.25, 0.3) is 0 Å². The molecule has 0 radical (unpaired) electrons. The molecule has 0 aliphatic carbocycles. The first kappa shape index (κ1) is 14.5. The van der Waals surface area contributed by atoms with Crippen molar-refractivity contribution in [1.82, 2.24) is 4.90 Å². The highest BCUT2D eigenvalue weighted by Gasteiger charge is 2.22. The van der Waals surface area contributed by atoms with Crippen molar-refractivity contribution in [3.63, 3.8) is 0 Å². The van der Waals surface area contributed by atoms with Crippen LogP contribution in [-0.2, 0) is 0 Å². The lowest BCUT2D eigenvalue weighted by Gasteiger charge is -2.34. The number of rotatable bonds is 4. The fourth-order valence-electron chi connectivity index (χ4n) is 3.06. The Morgan fingerprint density at radius 3 is 2.53 bits per heavy atom. The standard InChI is InChI=1S/C16H22ClNO/c1-12-9-13(2)11-18(10-12)8-7-16(19)14-5-3-4-6-15(14)17/h3-6,12-13H,7-11H2,1-2H3. The molecule has 0 amide bonds. The van der Waals surface area contributed by atoms with E-state index in [1.807, 2.05) is 18.2 Å². The van der Waals surface area contributed by atoms with E-state index < -0.39 is 0 Å². The number of hydrogen-bond acceptors (Lipinski definition) is 2. The van der Waals surface area contributed by atoms with Crippen molar-refractivity contribution in [3.05, 3.63) is 34.9 Å². The fourth-order valence-corrected chi connectivity index (χ4v) is 3.30. The summed E-state index contributed by atoms with van der Waals surface area (Å²) in [6, 6.07) is 7.31. The monoisotopic (exact) mass is 279 g/mol. The average Bonchev–Trinajstić information content (AvgIpc) is 2.35. The lowest BCUT2D eigenvalue weighted by molar-refractivity contribution is 0.0926. The number of hydrogen-bond donors (Lipinski definition) is 0. The van der Waals surface area contributed by atoms with E-state index in [1.165, 1.54) is 6.42 Å². The third-order valence-corrected chi connectivity index (χ3v) is 4.10. The van der Waals surface area contributed by atoms with Gasteiger partial charge in [-0.25, -0.2) is 0 Å². The Morgan fingerprint density at radius 1 is 1.26 bits per heavy atom. The van der Waals surface area contributed by atoms with Crippen LogP contribution in [0.3, 0.4) is 0 Å². The van der Waals surface area contributed by atoms with Gasteiger partial charge in [0.15, 0.2) is 5.78 Å². The second kappa shape index (κ2) is 6.53. The van der Waals surface area contributed by atoms with Crippen molar-refractivity contribution >= 4 is 17.4 Å². The number of carbonyl (C=O) groups excluding carboxylic acids is 1. The van der Waals surface area contributed by atoms with E-state index in [-0.39, 0.29) is 5.78 Å². The second-order valence-corrected chi connectivity index (χ2v) is 6.27. The van der Waals surface area contributed by atoms with Gasteiger partial charge in [0.2, 0.25) is 0 Å². The van der Waals surface area contributed by atoms with Crippen LogP contribution in [0, 0.1) is 11.8 Å². The van der Waals surface area contributed by atoms with Crippen molar-refractivity contribution in [3.8, 4) is 0 Å². The van der Waals surface area contributed by atoms with Crippen molar-refractivity contribution in [2.24, 2.45) is 11.8 Å². The number of ketones is 1. The van der Waals surface area contributed by atoms with Gasteiger partial charge in [0, 0.05) is 31.6 Å². The highest BCUT2D eigenvalue weighted by atomic mass is 35.5. The van der Waals surface area contributed by atoms with Crippen LogP contribution >= 0.6 is 11.6 Å². The van der Waals surface area contributed by atoms with Gasteiger partial charge < -0.3 is 4.90 Å². The molecule has 2 rings (SSSR count). The Labute approximate surface area is 120 Å². The molecule has 3 heteroatoms. The van der Waals surface area contributed by atoms with Crippen molar-refractivity contribution in [2.45, 2.75) is 26.7 Å². The molecule has 1 heterocycles. The van der Waals surface area contributed by atoms with Gasteiger partial charge in [0.1, 0.15) is 0 Å². The van der Waals surface area contributed by atoms with E-state index in [0.29, 0.717) is 17.0 Å². The predicted octanol–water partition coefficient (Wildman–Crippen LogP) is 3.89. The number of carbonyl (C=O) groups is 1. The van der Waals surface area contributed by atoms with E-state index in [9.17, 15) is 4.79 Å². The first-order valence-corrected chi connectivity index (χ1v) is 7.44. The number of benzene rings is 1. The first-order chi connectivity index (χ1) is 9.06. The molecule has 0 bridgehead atoms. The van der Waals surface area contributed by atoms with Crippen LogP contribution < -0.4 is 0 Å². The summed E-state index contributed by atoms with van der Waals surface area (Å²) in [6.45, 7) is 7.65. The maximum atomic E-state index is 12.2. The van der Waals surface area contributed by atoms with Crippen molar-refractivity contribution < 1.29 is 4.79 Å². The summed E-state index contributed by atoms with van der Waals surface area (Å²) in [5.41, 5.74) is 0.655. The second-order valence-electron chi connectivity index (χ2n) is 5.86. The number of likely N-dealkylation sites (tertiary alicyclic amines) is 1. The molecule has 19 heavy (non-hydrogen) atoms. The molecule has 1 aromatic rings. The lowest BCUT2D eigenvalue weighted by Crippen LogP contribution is -2.39. The molecule has 1 aliphatic heterocycles. The van der Waals surface area contributed by atoms with Gasteiger partial charge >= 0.3 is 0 Å². The topological polar surface area (TPSA) is 20.3 Å². The highest BCUT2D eigenvalue weighted by molar-refractivity contribution is 6.33. The normalized spacial score (nSPS) is 24.4. The molecule has 1 fully saturated rings. The number of halogens is 1. The number of piperidine rings is 1. The van der Waals surface area contributed by atoms with Crippen molar-refractivity contribution in [1.29, 1.82) is 0 Å². The van der Waals surface area contributed by atoms with Gasteiger partial charge in [-0.15, -0.1) is 0 Å². The zero-order chi connectivity index (χ0) is 13.8. The molecule has 0 N–H and O–H groups in total. The molecule has 0 saturated carbocycles. The summed E-state index contributed by atoms with van der Waals surface area (Å²) in [5, 5.41) is 0.563. The third-order valence-electron chi connectivity index (χ3n) is 3.77. The fraction of sp³-hybridized carbons (Fsp3) is 0.562. The molecule has 1 aromatic carbocycles. The number of Topliss-reactive ketones (excluding diaryl/α,β-unsaturated/α-hetero) is 1. The lowest BCUT2D eigenvalue weighted by atomic mass is 9.91. The SMILES string of the molecule is CC1CC(C)CN(CCC(=O)c2ccccc2Cl)C1. The van der Waals surface area contributed by atoms with E-state index in [1.54, 1.807) is 6.07 Å². The highest BCUT2D eigenvalue weighted by Crippen LogP contribution is 2.22. The Hall–Kier alpha value is -0.860. The van der Waals surface area contributed by atoms with Crippen LogP contribution in [0.1, 0.15) is 37.0 Å². The zero-order valence-corrected chi connectivity index (χ0v) is 12.5. The minimum absolute atomic E-state index is 0.150. The Balaban J connectivity index is 1.89. The summed E-state index contributed by atoms with van der Waals surface area (Å²) >= 11 is 6.05. The van der Waals surface area contributed by atoms with Crippen molar-refractivity contribution in [2.75, 3.05) is 19.6 Å². The summed E-state index contributed by atoms with van der Waals surface area (Å²) in [7, 11) is 0. The maximum Gasteiger partial charge on any atom is 0.165 e. The van der Waals surface area contributed by atoms with Gasteiger partial charge in [-0.3, -0.25) is 4.79 Å². The Morgan fingerprint density at radius 2 is 1.89 bits per heavy atom. The predicted molar refractivity (Wildman–Crippen MR) is 79.8 cm³/mol. The molecule has 0 aromatic heterocycles. The first-order valence-electron chi connectivity index (χ1n) is 7.06. The zero-order valence-electron chi connectivity index (χ0n) is 11.7. The van der Waals surface area contributed by atoms with Gasteiger partial charge in [0.05, 0.1) is 5.02 Å². The van der Waals surface area contributed by atoms with Gasteiger partial charge in [-0.1, -0.05) is 37.6 Å². The largest absolute Gasteiger partial charge is 0.302 e. The van der Waals surface area contributed by atoms with Crippen LogP contribution in [0.4, 0.5) is 0 Å². The smallest absolute Gasteiger partial charge is 0.165 e. The van der Waals surface area contributed by atoms with Crippen LogP contribution in [0.2, 0.25) is 5.02 Å². The van der Waals surface area contributed by atoms with Crippen LogP contribution in [-0.4, -0.2) is 30.3 Å².